The number of carbonyl (C=O) groups excluding carboxylic acids is 3. The maximum Gasteiger partial charge on any atom is 0.333 e. The Morgan fingerprint density at radius 2 is 0.742 bits per heavy atom. The second-order valence-corrected chi connectivity index (χ2v) is 9.57. The summed E-state index contributed by atoms with van der Waals surface area (Å²) in [6.45, 7) is 0. The summed E-state index contributed by atoms with van der Waals surface area (Å²) in [5.41, 5.74) is 0. The zero-order valence-electron chi connectivity index (χ0n) is 17.7. The molecule has 3 fully saturated rings. The van der Waals surface area contributed by atoms with E-state index in [1.807, 2.05) is 0 Å². The van der Waals surface area contributed by atoms with Crippen LogP contribution in [0, 0.1) is 0 Å². The van der Waals surface area contributed by atoms with Gasteiger partial charge in [-0.3, -0.25) is 0 Å². The smallest absolute Gasteiger partial charge is 0.309 e. The average Bonchev–Trinajstić information content (AvgIpc) is 2.78. The maximum atomic E-state index is 10.5. The highest BCUT2D eigenvalue weighted by molar-refractivity contribution is 7.41. The number of isocyanates is 3. The third kappa shape index (κ3) is 8.14. The molecule has 0 radical (unpaired) electrons. The predicted octanol–water partition coefficient (Wildman–Crippen LogP) is 4.20. The minimum absolute atomic E-state index is 0.0243. The molecule has 170 valence electrons. The second kappa shape index (κ2) is 13.1. The molecule has 10 heteroatoms. The van der Waals surface area contributed by atoms with E-state index in [2.05, 4.69) is 15.0 Å². The molecule has 0 aromatic heterocycles. The summed E-state index contributed by atoms with van der Waals surface area (Å²) >= 11 is 0. The van der Waals surface area contributed by atoms with Gasteiger partial charge in [0.05, 0.1) is 36.4 Å². The van der Waals surface area contributed by atoms with Crippen LogP contribution in [0.1, 0.15) is 77.0 Å². The first kappa shape index (κ1) is 24.1. The van der Waals surface area contributed by atoms with E-state index in [1.165, 1.54) is 0 Å². The molecule has 3 aliphatic rings. The van der Waals surface area contributed by atoms with Crippen molar-refractivity contribution in [2.75, 3.05) is 0 Å². The third-order valence-corrected chi connectivity index (χ3v) is 7.75. The SMILES string of the molecule is O=C=NC1CCC(OP(OC2CCC(N=C=O)CC2)OC2CCC(N=C=O)CC2)CC1. The van der Waals surface area contributed by atoms with Crippen LogP contribution in [0.25, 0.3) is 0 Å². The minimum Gasteiger partial charge on any atom is -0.309 e. The summed E-state index contributed by atoms with van der Waals surface area (Å²) in [6, 6.07) is 0.105. The molecule has 3 saturated carbocycles. The van der Waals surface area contributed by atoms with Crippen molar-refractivity contribution in [2.45, 2.75) is 113 Å². The monoisotopic (exact) mass is 451 g/mol. The number of hydrogen-bond donors (Lipinski definition) is 0. The average molecular weight is 451 g/mol. The number of rotatable bonds is 9. The van der Waals surface area contributed by atoms with E-state index in [1.54, 1.807) is 18.2 Å². The fourth-order valence-electron chi connectivity index (χ4n) is 4.50. The van der Waals surface area contributed by atoms with Gasteiger partial charge in [0.2, 0.25) is 18.2 Å². The molecule has 0 aromatic rings. The van der Waals surface area contributed by atoms with Crippen molar-refractivity contribution in [3.05, 3.63) is 0 Å². The van der Waals surface area contributed by atoms with Gasteiger partial charge in [0.1, 0.15) is 0 Å². The van der Waals surface area contributed by atoms with E-state index in [0.717, 1.165) is 77.0 Å². The maximum absolute atomic E-state index is 10.5. The van der Waals surface area contributed by atoms with Crippen LogP contribution >= 0.6 is 8.60 Å². The van der Waals surface area contributed by atoms with Gasteiger partial charge in [0, 0.05) is 0 Å². The molecule has 3 aliphatic carbocycles. The first-order valence-electron chi connectivity index (χ1n) is 11.2. The van der Waals surface area contributed by atoms with Gasteiger partial charge in [0.15, 0.2) is 0 Å². The summed E-state index contributed by atoms with van der Waals surface area (Å²) in [7, 11) is -1.52. The molecule has 0 unspecified atom stereocenters. The molecule has 0 atom stereocenters. The molecule has 0 saturated heterocycles. The first-order valence-corrected chi connectivity index (χ1v) is 12.3. The minimum atomic E-state index is -1.52. The zero-order valence-corrected chi connectivity index (χ0v) is 18.6. The van der Waals surface area contributed by atoms with Crippen LogP contribution in [0.4, 0.5) is 0 Å². The molecular formula is C21H30N3O6P. The van der Waals surface area contributed by atoms with Crippen LogP contribution in [0.5, 0.6) is 0 Å². The quantitative estimate of drug-likeness (QED) is 0.295. The van der Waals surface area contributed by atoms with E-state index in [0.29, 0.717) is 0 Å². The van der Waals surface area contributed by atoms with E-state index in [4.69, 9.17) is 13.6 Å². The van der Waals surface area contributed by atoms with Gasteiger partial charge in [-0.15, -0.1) is 0 Å². The Labute approximate surface area is 183 Å². The largest absolute Gasteiger partial charge is 0.333 e. The van der Waals surface area contributed by atoms with Gasteiger partial charge in [0.25, 0.3) is 0 Å². The molecule has 0 aliphatic heterocycles. The zero-order chi connectivity index (χ0) is 21.9. The molecule has 0 heterocycles. The fourth-order valence-corrected chi connectivity index (χ4v) is 6.01. The van der Waals surface area contributed by atoms with Gasteiger partial charge >= 0.3 is 8.60 Å². The molecule has 0 aromatic carbocycles. The summed E-state index contributed by atoms with van der Waals surface area (Å²) in [4.78, 5) is 43.0. The topological polar surface area (TPSA) is 116 Å². The van der Waals surface area contributed by atoms with Crippen molar-refractivity contribution in [1.82, 2.24) is 0 Å². The number of hydrogen-bond acceptors (Lipinski definition) is 9. The lowest BCUT2D eigenvalue weighted by Crippen LogP contribution is -2.27. The Kier molecular flexibility index (Phi) is 10.2. The molecule has 0 N–H and O–H groups in total. The molecule has 31 heavy (non-hydrogen) atoms. The van der Waals surface area contributed by atoms with E-state index in [-0.39, 0.29) is 36.4 Å². The van der Waals surface area contributed by atoms with Gasteiger partial charge in [-0.1, -0.05) is 0 Å². The van der Waals surface area contributed by atoms with Crippen LogP contribution < -0.4 is 0 Å². The Morgan fingerprint density at radius 1 is 0.484 bits per heavy atom. The molecule has 3 rings (SSSR count). The summed E-state index contributed by atoms with van der Waals surface area (Å²) < 4.78 is 18.8. The van der Waals surface area contributed by atoms with Crippen molar-refractivity contribution in [2.24, 2.45) is 15.0 Å². The Balaban J connectivity index is 1.53. The van der Waals surface area contributed by atoms with Crippen LogP contribution in [0.15, 0.2) is 15.0 Å². The Bertz CT molecular complexity index is 601. The Morgan fingerprint density at radius 3 is 0.968 bits per heavy atom. The van der Waals surface area contributed by atoms with Gasteiger partial charge in [-0.25, -0.2) is 29.4 Å². The third-order valence-electron chi connectivity index (χ3n) is 6.34. The highest BCUT2D eigenvalue weighted by atomic mass is 31.2. The van der Waals surface area contributed by atoms with Crippen LogP contribution in [0.2, 0.25) is 0 Å². The number of nitrogens with zero attached hydrogens (tertiary/aromatic N) is 3. The normalized spacial score (nSPS) is 34.5. The van der Waals surface area contributed by atoms with Crippen LogP contribution in [0.3, 0.4) is 0 Å². The lowest BCUT2D eigenvalue weighted by atomic mass is 9.94. The highest BCUT2D eigenvalue weighted by Crippen LogP contribution is 2.49. The predicted molar refractivity (Wildman–Crippen MR) is 113 cm³/mol. The molecule has 0 amide bonds. The molecule has 0 bridgehead atoms. The summed E-state index contributed by atoms with van der Waals surface area (Å²) in [5, 5.41) is 0. The van der Waals surface area contributed by atoms with E-state index < -0.39 is 8.60 Å². The van der Waals surface area contributed by atoms with Crippen LogP contribution in [-0.2, 0) is 28.0 Å². The van der Waals surface area contributed by atoms with Crippen molar-refractivity contribution >= 4 is 26.8 Å². The van der Waals surface area contributed by atoms with Crippen molar-refractivity contribution in [1.29, 1.82) is 0 Å². The van der Waals surface area contributed by atoms with Crippen LogP contribution in [-0.4, -0.2) is 54.7 Å². The van der Waals surface area contributed by atoms with Crippen molar-refractivity contribution < 1.29 is 28.0 Å². The molecule has 9 nitrogen and oxygen atoms in total. The number of aliphatic imine (C=N–C) groups is 3. The van der Waals surface area contributed by atoms with Gasteiger partial charge < -0.3 is 13.6 Å². The molecule has 0 spiro atoms. The van der Waals surface area contributed by atoms with Crippen molar-refractivity contribution in [3.63, 3.8) is 0 Å². The second-order valence-electron chi connectivity index (χ2n) is 8.49. The lowest BCUT2D eigenvalue weighted by molar-refractivity contribution is 0.0319. The fraction of sp³-hybridized carbons (Fsp3) is 0.857. The van der Waals surface area contributed by atoms with E-state index in [9.17, 15) is 14.4 Å². The van der Waals surface area contributed by atoms with Gasteiger partial charge in [-0.05, 0) is 77.0 Å². The highest BCUT2D eigenvalue weighted by Gasteiger charge is 2.33. The summed E-state index contributed by atoms with van der Waals surface area (Å²) in [6.07, 6.45) is 14.7. The first-order chi connectivity index (χ1) is 15.2. The Hall–Kier alpha value is -1.55. The van der Waals surface area contributed by atoms with Gasteiger partial charge in [-0.2, -0.15) is 0 Å². The summed E-state index contributed by atoms with van der Waals surface area (Å²) in [5.74, 6) is 0. The molecular weight excluding hydrogens is 421 g/mol. The van der Waals surface area contributed by atoms with Crippen molar-refractivity contribution in [3.8, 4) is 0 Å². The van der Waals surface area contributed by atoms with E-state index >= 15 is 0 Å². The standard InChI is InChI=1S/C21H30N3O6P/c25-13-22-16-1-7-19(8-2-16)28-31(29-20-9-3-17(4-10-20)23-14-26)30-21-11-5-18(6-12-21)24-15-27/h16-21H,1-12H2. The lowest BCUT2D eigenvalue weighted by Gasteiger charge is -2.34.